The van der Waals surface area contributed by atoms with E-state index in [4.69, 9.17) is 0 Å². The van der Waals surface area contributed by atoms with Crippen molar-refractivity contribution in [2.75, 3.05) is 6.54 Å². The maximum Gasteiger partial charge on any atom is 0.132 e. The van der Waals surface area contributed by atoms with Gasteiger partial charge in [0.15, 0.2) is 0 Å². The molecule has 0 rings (SSSR count). The van der Waals surface area contributed by atoms with Crippen molar-refractivity contribution in [1.82, 2.24) is 0 Å². The summed E-state index contributed by atoms with van der Waals surface area (Å²) >= 11 is 0. The van der Waals surface area contributed by atoms with Crippen LogP contribution in [-0.2, 0) is 0 Å². The number of rotatable bonds is 2. The fourth-order valence-corrected chi connectivity index (χ4v) is 0.272. The molecule has 1 nitrogen and oxygen atoms in total. The van der Waals surface area contributed by atoms with Crippen molar-refractivity contribution in [1.29, 1.82) is 0 Å². The molecule has 0 aromatic carbocycles. The van der Waals surface area contributed by atoms with Crippen LogP contribution in [0.2, 0.25) is 0 Å². The highest BCUT2D eigenvalue weighted by Crippen LogP contribution is 1.98. The smallest absolute Gasteiger partial charge is 0.132 e. The molecule has 0 saturated carbocycles. The minimum atomic E-state index is -0.914. The Kier molecular flexibility index (Phi) is 3.24. The first-order valence-electron chi connectivity index (χ1n) is 1.59. The maximum atomic E-state index is 11.5. The predicted molar refractivity (Wildman–Crippen MR) is 29.0 cm³/mol. The summed E-state index contributed by atoms with van der Waals surface area (Å²) in [5.74, 6) is -0.914. The molecule has 0 aromatic rings. The average Bonchev–Trinajstić information content (AvgIpc) is 1.35. The minimum absolute atomic E-state index is 0.185. The predicted octanol–water partition coefficient (Wildman–Crippen LogP) is 0.858. The van der Waals surface area contributed by atoms with E-state index in [0.717, 1.165) is 0 Å². The van der Waals surface area contributed by atoms with Gasteiger partial charge in [-0.2, -0.15) is 0 Å². The maximum absolute atomic E-state index is 11.5. The molecule has 0 fully saturated rings. The van der Waals surface area contributed by atoms with E-state index in [2.05, 4.69) is 11.7 Å². The lowest BCUT2D eigenvalue weighted by atomic mass is 10.7. The summed E-state index contributed by atoms with van der Waals surface area (Å²) in [4.78, 5) is 3.29. The van der Waals surface area contributed by atoms with E-state index >= 15 is 0 Å². The second-order valence-electron chi connectivity index (χ2n) is 0.922. The molecule has 0 aromatic heterocycles. The lowest BCUT2D eigenvalue weighted by Gasteiger charge is -1.88. The quantitative estimate of drug-likeness (QED) is 0.366. The standard InChI is InChI=1S/C3H7FNP/c1-5-2-3(4)6/h3H,1-2,6H2. The van der Waals surface area contributed by atoms with Crippen LogP contribution < -0.4 is 0 Å². The monoisotopic (exact) mass is 107 g/mol. The van der Waals surface area contributed by atoms with Gasteiger partial charge in [-0.15, -0.1) is 0 Å². The Morgan fingerprint density at radius 2 is 2.50 bits per heavy atom. The topological polar surface area (TPSA) is 12.4 Å². The molecule has 0 bridgehead atoms. The van der Waals surface area contributed by atoms with Gasteiger partial charge < -0.3 is 0 Å². The highest BCUT2D eigenvalue weighted by molar-refractivity contribution is 7.17. The first-order chi connectivity index (χ1) is 2.77. The van der Waals surface area contributed by atoms with Crippen LogP contribution >= 0.6 is 9.24 Å². The van der Waals surface area contributed by atoms with Crippen LogP contribution in [0.15, 0.2) is 4.99 Å². The summed E-state index contributed by atoms with van der Waals surface area (Å²) in [5.41, 5.74) is 0. The van der Waals surface area contributed by atoms with Gasteiger partial charge in [0.05, 0.1) is 6.54 Å². The van der Waals surface area contributed by atoms with E-state index in [-0.39, 0.29) is 6.54 Å². The van der Waals surface area contributed by atoms with Gasteiger partial charge in [-0.05, 0) is 6.72 Å². The molecule has 0 heterocycles. The molecular formula is C3H7FNP. The zero-order valence-corrected chi connectivity index (χ0v) is 4.55. The summed E-state index contributed by atoms with van der Waals surface area (Å²) in [7, 11) is 1.98. The van der Waals surface area contributed by atoms with Gasteiger partial charge in [0.25, 0.3) is 0 Å². The van der Waals surface area contributed by atoms with Gasteiger partial charge in [0.2, 0.25) is 0 Å². The molecule has 3 heteroatoms. The van der Waals surface area contributed by atoms with Gasteiger partial charge in [-0.3, -0.25) is 4.99 Å². The minimum Gasteiger partial charge on any atom is -0.298 e. The summed E-state index contributed by atoms with van der Waals surface area (Å²) < 4.78 is 11.5. The van der Waals surface area contributed by atoms with Crippen LogP contribution in [0, 0.1) is 0 Å². The van der Waals surface area contributed by atoms with E-state index in [9.17, 15) is 4.39 Å². The average molecular weight is 107 g/mol. The van der Waals surface area contributed by atoms with E-state index < -0.39 is 5.91 Å². The Morgan fingerprint density at radius 3 is 2.50 bits per heavy atom. The third kappa shape index (κ3) is 4.03. The Hall–Kier alpha value is 0.0300. The fraction of sp³-hybridized carbons (Fsp3) is 0.667. The highest BCUT2D eigenvalue weighted by atomic mass is 31.0. The molecule has 6 heavy (non-hydrogen) atoms. The Bertz CT molecular complexity index is 46.1. The third-order valence-corrected chi connectivity index (χ3v) is 0.514. The second-order valence-corrected chi connectivity index (χ2v) is 1.65. The SMILES string of the molecule is C=NCC(F)P. The van der Waals surface area contributed by atoms with Crippen molar-refractivity contribution in [3.63, 3.8) is 0 Å². The van der Waals surface area contributed by atoms with Crippen molar-refractivity contribution in [2.45, 2.75) is 5.91 Å². The number of hydrogen-bond donors (Lipinski definition) is 0. The molecule has 0 radical (unpaired) electrons. The van der Waals surface area contributed by atoms with E-state index in [1.807, 2.05) is 9.24 Å². The van der Waals surface area contributed by atoms with Gasteiger partial charge in [-0.25, -0.2) is 4.39 Å². The molecule has 0 amide bonds. The van der Waals surface area contributed by atoms with E-state index in [1.165, 1.54) is 0 Å². The molecule has 0 spiro atoms. The van der Waals surface area contributed by atoms with Gasteiger partial charge in [0.1, 0.15) is 5.91 Å². The second kappa shape index (κ2) is 3.23. The van der Waals surface area contributed by atoms with Crippen LogP contribution in [0.4, 0.5) is 4.39 Å². The van der Waals surface area contributed by atoms with Gasteiger partial charge in [0, 0.05) is 0 Å². The molecule has 0 aliphatic rings. The Balaban J connectivity index is 2.81. The summed E-state index contributed by atoms with van der Waals surface area (Å²) in [6, 6.07) is 0. The number of aliphatic imine (C=N–C) groups is 1. The molecule has 0 N–H and O–H groups in total. The number of hydrogen-bond acceptors (Lipinski definition) is 1. The molecule has 36 valence electrons. The van der Waals surface area contributed by atoms with Gasteiger partial charge in [-0.1, -0.05) is 9.24 Å². The van der Waals surface area contributed by atoms with Crippen LogP contribution in [0.1, 0.15) is 0 Å². The Labute approximate surface area is 38.9 Å². The highest BCUT2D eigenvalue weighted by Gasteiger charge is 1.89. The zero-order chi connectivity index (χ0) is 4.99. The normalized spacial score (nSPS) is 13.7. The number of nitrogens with zero attached hydrogens (tertiary/aromatic N) is 1. The van der Waals surface area contributed by atoms with Crippen LogP contribution in [0.25, 0.3) is 0 Å². The number of alkyl halides is 1. The molecule has 0 saturated heterocycles. The molecular weight excluding hydrogens is 100 g/mol. The first kappa shape index (κ1) is 6.03. The number of halogens is 1. The lowest BCUT2D eigenvalue weighted by molar-refractivity contribution is 0.461. The van der Waals surface area contributed by atoms with Crippen molar-refractivity contribution >= 4 is 16.0 Å². The lowest BCUT2D eigenvalue weighted by Crippen LogP contribution is -1.89. The van der Waals surface area contributed by atoms with Crippen LogP contribution in [0.5, 0.6) is 0 Å². The van der Waals surface area contributed by atoms with Crippen molar-refractivity contribution < 1.29 is 4.39 Å². The molecule has 0 aliphatic heterocycles. The van der Waals surface area contributed by atoms with Crippen LogP contribution in [0.3, 0.4) is 0 Å². The summed E-state index contributed by atoms with van der Waals surface area (Å²) in [6.07, 6.45) is 0. The van der Waals surface area contributed by atoms with E-state index in [1.54, 1.807) is 0 Å². The van der Waals surface area contributed by atoms with Gasteiger partial charge >= 0.3 is 0 Å². The van der Waals surface area contributed by atoms with E-state index in [0.29, 0.717) is 0 Å². The first-order valence-corrected chi connectivity index (χ1v) is 2.26. The van der Waals surface area contributed by atoms with Crippen LogP contribution in [-0.4, -0.2) is 19.2 Å². The van der Waals surface area contributed by atoms with Crippen molar-refractivity contribution in [3.05, 3.63) is 0 Å². The summed E-state index contributed by atoms with van der Waals surface area (Å²) in [6.45, 7) is 3.28. The zero-order valence-electron chi connectivity index (χ0n) is 3.39. The fourth-order valence-electron chi connectivity index (χ4n) is 0.123. The third-order valence-electron chi connectivity index (χ3n) is 0.304. The summed E-state index contributed by atoms with van der Waals surface area (Å²) in [5, 5.41) is 0. The molecule has 0 aliphatic carbocycles. The molecule has 2 atom stereocenters. The Morgan fingerprint density at radius 1 is 2.00 bits per heavy atom. The van der Waals surface area contributed by atoms with Crippen molar-refractivity contribution in [2.24, 2.45) is 4.99 Å². The largest absolute Gasteiger partial charge is 0.298 e. The molecule has 2 unspecified atom stereocenters. The van der Waals surface area contributed by atoms with Crippen molar-refractivity contribution in [3.8, 4) is 0 Å².